The summed E-state index contributed by atoms with van der Waals surface area (Å²) in [7, 11) is 0. The fraction of sp³-hybridized carbons (Fsp3) is 0.321. The third-order valence-corrected chi connectivity index (χ3v) is 5.42. The van der Waals surface area contributed by atoms with E-state index in [0.717, 1.165) is 11.0 Å². The van der Waals surface area contributed by atoms with Crippen LogP contribution >= 0.6 is 0 Å². The van der Waals surface area contributed by atoms with E-state index in [4.69, 9.17) is 4.74 Å². The highest BCUT2D eigenvalue weighted by Gasteiger charge is 2.36. The summed E-state index contributed by atoms with van der Waals surface area (Å²) in [6.45, 7) is 6.43. The Hall–Kier alpha value is -4.28. The maximum atomic E-state index is 12.9. The molecule has 2 aromatic carbocycles. The first-order chi connectivity index (χ1) is 18.3. The molecule has 0 saturated carbocycles. The van der Waals surface area contributed by atoms with Crippen LogP contribution in [0.5, 0.6) is 11.5 Å². The van der Waals surface area contributed by atoms with Gasteiger partial charge >= 0.3 is 6.18 Å². The predicted octanol–water partition coefficient (Wildman–Crippen LogP) is 5.82. The molecule has 0 radical (unpaired) electrons. The Morgan fingerprint density at radius 1 is 0.846 bits per heavy atom. The number of hydrogen-bond acceptors (Lipinski definition) is 5. The van der Waals surface area contributed by atoms with Crippen LogP contribution in [0.1, 0.15) is 55.5 Å². The fourth-order valence-electron chi connectivity index (χ4n) is 3.54. The lowest BCUT2D eigenvalue weighted by atomic mass is 10.0. The van der Waals surface area contributed by atoms with E-state index >= 15 is 0 Å². The maximum Gasteiger partial charge on any atom is 0.449 e. The predicted molar refractivity (Wildman–Crippen MR) is 139 cm³/mol. The summed E-state index contributed by atoms with van der Waals surface area (Å²) in [5, 5.41) is 5.18. The van der Waals surface area contributed by atoms with Crippen molar-refractivity contribution >= 4 is 23.4 Å². The van der Waals surface area contributed by atoms with Gasteiger partial charge in [0.2, 0.25) is 17.6 Å². The highest BCUT2D eigenvalue weighted by atomic mass is 19.4. The molecule has 11 heteroatoms. The molecule has 0 saturated heterocycles. The SMILES string of the molecule is CC(C)NC(=O)CN(CC(=O)Nc1ccc(Oc2ccc(C(C)C)cc2)cc1)C(=O)c1ccc(C(F)(F)F)o1. The third-order valence-electron chi connectivity index (χ3n) is 5.42. The molecular formula is C28H30F3N3O5. The second-order valence-electron chi connectivity index (χ2n) is 9.44. The van der Waals surface area contributed by atoms with E-state index in [9.17, 15) is 27.6 Å². The van der Waals surface area contributed by atoms with E-state index in [1.165, 1.54) is 5.56 Å². The molecule has 0 spiro atoms. The molecule has 0 aliphatic carbocycles. The Labute approximate surface area is 224 Å². The Balaban J connectivity index is 1.66. The smallest absolute Gasteiger partial charge is 0.449 e. The third kappa shape index (κ3) is 8.62. The van der Waals surface area contributed by atoms with Gasteiger partial charge in [0.1, 0.15) is 24.6 Å². The normalized spacial score (nSPS) is 11.4. The van der Waals surface area contributed by atoms with Crippen LogP contribution in [0.2, 0.25) is 0 Å². The number of ether oxygens (including phenoxy) is 1. The molecule has 1 heterocycles. The summed E-state index contributed by atoms with van der Waals surface area (Å²) in [5.74, 6) is -2.71. The lowest BCUT2D eigenvalue weighted by molar-refractivity contribution is -0.153. The number of amides is 3. The molecule has 0 unspecified atom stereocenters. The molecule has 3 rings (SSSR count). The Morgan fingerprint density at radius 2 is 1.41 bits per heavy atom. The zero-order valence-electron chi connectivity index (χ0n) is 22.0. The van der Waals surface area contributed by atoms with Crippen molar-refractivity contribution in [3.05, 3.63) is 77.7 Å². The molecule has 3 aromatic rings. The molecule has 3 amide bonds. The van der Waals surface area contributed by atoms with Crippen molar-refractivity contribution < 1.29 is 36.7 Å². The molecule has 2 N–H and O–H groups in total. The van der Waals surface area contributed by atoms with Gasteiger partial charge in [-0.1, -0.05) is 26.0 Å². The number of furan rings is 1. The lowest BCUT2D eigenvalue weighted by Gasteiger charge is -2.21. The van der Waals surface area contributed by atoms with Gasteiger partial charge in [-0.25, -0.2) is 0 Å². The molecule has 0 atom stereocenters. The summed E-state index contributed by atoms with van der Waals surface area (Å²) in [5.41, 5.74) is 1.57. The standard InChI is InChI=1S/C28H30F3N3O5/c1-17(2)19-5-9-21(10-6-19)38-22-11-7-20(8-12-22)33-26(36)16-34(15-25(35)32-18(3)4)27(37)23-13-14-24(39-23)28(29,30)31/h5-14,17-18H,15-16H2,1-4H3,(H,32,35)(H,33,36). The summed E-state index contributed by atoms with van der Waals surface area (Å²) in [6, 6.07) is 15.4. The van der Waals surface area contributed by atoms with E-state index in [1.54, 1.807) is 38.1 Å². The zero-order chi connectivity index (χ0) is 28.7. The number of alkyl halides is 3. The second-order valence-corrected chi connectivity index (χ2v) is 9.44. The van der Waals surface area contributed by atoms with E-state index in [2.05, 4.69) is 28.9 Å². The van der Waals surface area contributed by atoms with Crippen molar-refractivity contribution in [1.82, 2.24) is 10.2 Å². The van der Waals surface area contributed by atoms with Crippen LogP contribution < -0.4 is 15.4 Å². The minimum Gasteiger partial charge on any atom is -0.457 e. The number of rotatable bonds is 10. The second kappa shape index (κ2) is 12.5. The number of benzene rings is 2. The first kappa shape index (κ1) is 29.3. The monoisotopic (exact) mass is 545 g/mol. The first-order valence-corrected chi connectivity index (χ1v) is 12.2. The molecule has 1 aromatic heterocycles. The van der Waals surface area contributed by atoms with E-state index in [0.29, 0.717) is 29.2 Å². The zero-order valence-corrected chi connectivity index (χ0v) is 22.0. The summed E-state index contributed by atoms with van der Waals surface area (Å²) in [6.07, 6.45) is -4.79. The van der Waals surface area contributed by atoms with Gasteiger partial charge in [0.05, 0.1) is 0 Å². The van der Waals surface area contributed by atoms with Crippen molar-refractivity contribution in [3.8, 4) is 11.5 Å². The van der Waals surface area contributed by atoms with Crippen LogP contribution in [0.15, 0.2) is 65.1 Å². The number of anilines is 1. The van der Waals surface area contributed by atoms with Gasteiger partial charge in [0.15, 0.2) is 5.76 Å². The molecule has 0 bridgehead atoms. The number of hydrogen-bond donors (Lipinski definition) is 2. The van der Waals surface area contributed by atoms with Gasteiger partial charge in [-0.15, -0.1) is 0 Å². The summed E-state index contributed by atoms with van der Waals surface area (Å²) >= 11 is 0. The lowest BCUT2D eigenvalue weighted by Crippen LogP contribution is -2.45. The molecule has 8 nitrogen and oxygen atoms in total. The first-order valence-electron chi connectivity index (χ1n) is 12.2. The Kier molecular flexibility index (Phi) is 9.39. The highest BCUT2D eigenvalue weighted by Crippen LogP contribution is 2.31. The molecule has 0 fully saturated rings. The van der Waals surface area contributed by atoms with E-state index in [1.807, 2.05) is 24.3 Å². The highest BCUT2D eigenvalue weighted by molar-refractivity contribution is 5.99. The van der Waals surface area contributed by atoms with Crippen LogP contribution in [0.3, 0.4) is 0 Å². The molecule has 39 heavy (non-hydrogen) atoms. The molecule has 208 valence electrons. The average molecular weight is 546 g/mol. The van der Waals surface area contributed by atoms with Crippen LogP contribution in [-0.4, -0.2) is 41.8 Å². The number of halogens is 3. The molecule has 0 aliphatic rings. The quantitative estimate of drug-likeness (QED) is 0.334. The van der Waals surface area contributed by atoms with Crippen molar-refractivity contribution in [2.75, 3.05) is 18.4 Å². The van der Waals surface area contributed by atoms with Crippen LogP contribution in [0, 0.1) is 0 Å². The van der Waals surface area contributed by atoms with Gasteiger partial charge in [-0.05, 0) is 73.9 Å². The Morgan fingerprint density at radius 3 is 1.92 bits per heavy atom. The van der Waals surface area contributed by atoms with Crippen molar-refractivity contribution in [3.63, 3.8) is 0 Å². The van der Waals surface area contributed by atoms with Crippen molar-refractivity contribution in [2.45, 2.75) is 45.8 Å². The van der Waals surface area contributed by atoms with E-state index < -0.39 is 48.5 Å². The fourth-order valence-corrected chi connectivity index (χ4v) is 3.54. The van der Waals surface area contributed by atoms with Gasteiger partial charge in [-0.3, -0.25) is 14.4 Å². The number of carbonyl (C=O) groups excluding carboxylic acids is 3. The number of nitrogens with one attached hydrogen (secondary N) is 2. The van der Waals surface area contributed by atoms with Gasteiger partial charge in [0, 0.05) is 11.7 Å². The van der Waals surface area contributed by atoms with E-state index in [-0.39, 0.29) is 6.04 Å². The van der Waals surface area contributed by atoms with Gasteiger partial charge in [0.25, 0.3) is 5.91 Å². The van der Waals surface area contributed by atoms with Gasteiger partial charge in [-0.2, -0.15) is 13.2 Å². The minimum absolute atomic E-state index is 0.252. The topological polar surface area (TPSA) is 101 Å². The van der Waals surface area contributed by atoms with Crippen LogP contribution in [0.4, 0.5) is 18.9 Å². The van der Waals surface area contributed by atoms with Crippen LogP contribution in [-0.2, 0) is 15.8 Å². The van der Waals surface area contributed by atoms with Crippen molar-refractivity contribution in [1.29, 1.82) is 0 Å². The summed E-state index contributed by atoms with van der Waals surface area (Å²) < 4.78 is 49.2. The minimum atomic E-state index is -4.79. The number of nitrogens with zero attached hydrogens (tertiary/aromatic N) is 1. The Bertz CT molecular complexity index is 1280. The maximum absolute atomic E-state index is 12.9. The van der Waals surface area contributed by atoms with Crippen molar-refractivity contribution in [2.24, 2.45) is 0 Å². The van der Waals surface area contributed by atoms with Gasteiger partial charge < -0.3 is 24.7 Å². The number of carbonyl (C=O) groups is 3. The summed E-state index contributed by atoms with van der Waals surface area (Å²) in [4.78, 5) is 38.7. The molecular weight excluding hydrogens is 515 g/mol. The molecule has 0 aliphatic heterocycles. The average Bonchev–Trinajstić information content (AvgIpc) is 3.35. The van der Waals surface area contributed by atoms with Crippen LogP contribution in [0.25, 0.3) is 0 Å². The largest absolute Gasteiger partial charge is 0.457 e.